The Kier molecular flexibility index (Phi) is 41.1. The number of thioether (sulfide) groups is 2. The first-order valence-electron chi connectivity index (χ1n) is 30.6. The molecular weight excluding hydrogens is 1250 g/mol. The fourth-order valence-electron chi connectivity index (χ4n) is 8.71. The number of hydrogen-bond acceptors (Lipinski definition) is 20. The van der Waals surface area contributed by atoms with E-state index in [2.05, 4.69) is 78.4 Å². The van der Waals surface area contributed by atoms with Crippen molar-refractivity contribution in [2.24, 2.45) is 56.2 Å². The standard InChI is InChI=1S/C56H101N21O14S2/c1-30(2)22-39(47(83)67-27-44(80)70-36(13-10-18-64-55(59)60)48(84)73-38(16-21-93-7)50(86)71-35(12-8-9-17-57)46(82)66-26-43(79)69-32(5)54(90)91)75-51(87)40(23-31(3)4)76-53(89)42(28-78)77-49(85)37(14-11-19-65-56(61)62)72-52(88)41(24-33-25-63-29-68-33)74-45(81)34(58)15-20-92-6/h25,29-32,34-42,78H,8-24,26-28,57-58H2,1-7H3,(H,63,68)(H,66,82)(H,67,83)(H,69,79)(H,70,80)(H,71,86)(H,72,88)(H,73,84)(H,74,81)(H,75,87)(H,76,89)(H,77,85)(H,90,91)(H4,59,60,64)(H4,61,62,65)/t32-,34-,35-,36-,37-,38-,39-,40-,41-,42-/m0/s1. The molecule has 93 heavy (non-hydrogen) atoms. The molecule has 0 bridgehead atoms. The number of nitrogens with two attached hydrogens (primary N) is 6. The van der Waals surface area contributed by atoms with E-state index < -0.39 is 151 Å². The predicted molar refractivity (Wildman–Crippen MR) is 352 cm³/mol. The number of nitrogens with one attached hydrogen (secondary N) is 12. The van der Waals surface area contributed by atoms with Crippen molar-refractivity contribution < 1.29 is 67.7 Å². The molecule has 1 heterocycles. The molecule has 11 amide bonds. The van der Waals surface area contributed by atoms with Gasteiger partial charge < -0.3 is 108 Å². The van der Waals surface area contributed by atoms with Gasteiger partial charge in [0.1, 0.15) is 54.4 Å². The molecular formula is C56H101N21O14S2. The monoisotopic (exact) mass is 1360 g/mol. The first-order valence-corrected chi connectivity index (χ1v) is 33.4. The number of aromatic nitrogens is 2. The van der Waals surface area contributed by atoms with E-state index in [0.717, 1.165) is 0 Å². The summed E-state index contributed by atoms with van der Waals surface area (Å²) in [5.41, 5.74) is 34.2. The van der Waals surface area contributed by atoms with E-state index in [1.807, 2.05) is 6.26 Å². The number of aliphatic hydroxyl groups excluding tert-OH is 1. The quantitative estimate of drug-likeness (QED) is 0.0164. The molecule has 0 spiro atoms. The SMILES string of the molecule is CSCC[C@H](NC(=O)[C@H](CCCN=C(N)N)NC(=O)CNC(=O)[C@H](CC(C)C)NC(=O)[C@H](CC(C)C)NC(=O)[C@H](CO)NC(=O)[C@H](CCCN=C(N)N)NC(=O)[C@H](Cc1cnc[nH]1)NC(=O)[C@@H](N)CCSC)C(=O)N[C@@H](CCCCN)C(=O)NCC(=O)N[C@@H](C)C(=O)O. The van der Waals surface area contributed by atoms with E-state index in [9.17, 15) is 62.6 Å². The number of unbranched alkanes of at least 4 members (excludes halogenated alkanes) is 1. The van der Waals surface area contributed by atoms with Crippen LogP contribution in [0.15, 0.2) is 22.5 Å². The average Bonchev–Trinajstić information content (AvgIpc) is 3.88. The lowest BCUT2D eigenvalue weighted by atomic mass is 9.99. The van der Waals surface area contributed by atoms with Gasteiger partial charge in [0, 0.05) is 31.4 Å². The third-order valence-electron chi connectivity index (χ3n) is 13.7. The predicted octanol–water partition coefficient (Wildman–Crippen LogP) is -6.19. The number of aliphatic imine (C=N–C) groups is 2. The smallest absolute Gasteiger partial charge is 0.325 e. The molecule has 0 aliphatic carbocycles. The van der Waals surface area contributed by atoms with Gasteiger partial charge in [-0.1, -0.05) is 27.7 Å². The van der Waals surface area contributed by atoms with E-state index in [-0.39, 0.29) is 101 Å². The van der Waals surface area contributed by atoms with Crippen LogP contribution in [-0.2, 0) is 64.0 Å². The Morgan fingerprint density at radius 3 is 1.38 bits per heavy atom. The van der Waals surface area contributed by atoms with Gasteiger partial charge in [-0.15, -0.1) is 0 Å². The molecule has 0 radical (unpaired) electrons. The molecule has 1 rings (SSSR count). The van der Waals surface area contributed by atoms with Gasteiger partial charge in [-0.05, 0) is 120 Å². The number of carboxylic acids is 1. The van der Waals surface area contributed by atoms with Crippen molar-refractivity contribution in [3.63, 3.8) is 0 Å². The molecule has 0 aromatic carbocycles. The van der Waals surface area contributed by atoms with E-state index in [1.165, 1.54) is 43.0 Å². The van der Waals surface area contributed by atoms with Gasteiger partial charge >= 0.3 is 5.97 Å². The highest BCUT2D eigenvalue weighted by Gasteiger charge is 2.35. The number of imidazole rings is 1. The molecule has 1 aromatic heterocycles. The van der Waals surface area contributed by atoms with Crippen LogP contribution < -0.4 is 92.9 Å². The second-order valence-electron chi connectivity index (χ2n) is 22.7. The Labute approximate surface area is 550 Å². The van der Waals surface area contributed by atoms with Gasteiger partial charge in [0.15, 0.2) is 11.9 Å². The van der Waals surface area contributed by atoms with Crippen LogP contribution in [0.5, 0.6) is 0 Å². The van der Waals surface area contributed by atoms with E-state index in [1.54, 1.807) is 34.0 Å². The second-order valence-corrected chi connectivity index (χ2v) is 24.7. The Hall–Kier alpha value is -8.03. The molecule has 35 nitrogen and oxygen atoms in total. The van der Waals surface area contributed by atoms with E-state index in [0.29, 0.717) is 36.5 Å². The molecule has 10 atom stereocenters. The molecule has 526 valence electrons. The summed E-state index contributed by atoms with van der Waals surface area (Å²) in [6, 6.07) is -13.1. The number of amides is 11. The summed E-state index contributed by atoms with van der Waals surface area (Å²) >= 11 is 2.83. The third kappa shape index (κ3) is 35.6. The minimum atomic E-state index is -1.70. The summed E-state index contributed by atoms with van der Waals surface area (Å²) in [4.78, 5) is 177. The minimum Gasteiger partial charge on any atom is -0.480 e. The molecule has 0 aliphatic rings. The number of nitrogens with zero attached hydrogens (tertiary/aromatic N) is 3. The van der Waals surface area contributed by atoms with Crippen LogP contribution in [0.3, 0.4) is 0 Å². The van der Waals surface area contributed by atoms with Crippen molar-refractivity contribution in [1.29, 1.82) is 0 Å². The summed E-state index contributed by atoms with van der Waals surface area (Å²) in [7, 11) is 0. The molecule has 0 fully saturated rings. The van der Waals surface area contributed by atoms with Crippen molar-refractivity contribution in [2.75, 3.05) is 63.3 Å². The Bertz CT molecular complexity index is 2610. The first-order chi connectivity index (χ1) is 44.0. The van der Waals surface area contributed by atoms with Crippen molar-refractivity contribution in [3.05, 3.63) is 18.2 Å². The first kappa shape index (κ1) is 83.0. The number of rotatable bonds is 48. The number of carboxylic acid groups (broad SMARTS) is 1. The van der Waals surface area contributed by atoms with Crippen molar-refractivity contribution >= 4 is 106 Å². The lowest BCUT2D eigenvalue weighted by Crippen LogP contribution is -2.60. The fourth-order valence-corrected chi connectivity index (χ4v) is 9.67. The Morgan fingerprint density at radius 1 is 0.516 bits per heavy atom. The zero-order chi connectivity index (χ0) is 70.2. The molecule has 1 aromatic rings. The summed E-state index contributed by atoms with van der Waals surface area (Å²) in [6.07, 6.45) is 7.75. The summed E-state index contributed by atoms with van der Waals surface area (Å²) in [6.45, 7) is 6.29. The van der Waals surface area contributed by atoms with Crippen LogP contribution in [0.25, 0.3) is 0 Å². The molecule has 0 unspecified atom stereocenters. The summed E-state index contributed by atoms with van der Waals surface area (Å²) in [5.74, 6) is -10.5. The summed E-state index contributed by atoms with van der Waals surface area (Å²) < 4.78 is 0. The largest absolute Gasteiger partial charge is 0.480 e. The normalized spacial score (nSPS) is 14.3. The van der Waals surface area contributed by atoms with Crippen LogP contribution in [0.1, 0.15) is 111 Å². The maximum atomic E-state index is 14.2. The number of carbonyl (C=O) groups is 12. The Morgan fingerprint density at radius 2 is 0.914 bits per heavy atom. The zero-order valence-corrected chi connectivity index (χ0v) is 55.8. The summed E-state index contributed by atoms with van der Waals surface area (Å²) in [5, 5.41) is 47.5. The second kappa shape index (κ2) is 46.1. The number of H-pyrrole nitrogens is 1. The van der Waals surface area contributed by atoms with Gasteiger partial charge in [-0.25, -0.2) is 4.98 Å². The molecule has 26 N–H and O–H groups in total. The number of carbonyl (C=O) groups excluding carboxylic acids is 11. The molecule has 0 saturated carbocycles. The molecule has 0 saturated heterocycles. The highest BCUT2D eigenvalue weighted by molar-refractivity contribution is 7.98. The lowest BCUT2D eigenvalue weighted by molar-refractivity contribution is -0.141. The van der Waals surface area contributed by atoms with Crippen LogP contribution in [-0.4, -0.2) is 227 Å². The van der Waals surface area contributed by atoms with Gasteiger partial charge in [0.05, 0.1) is 32.1 Å². The number of aromatic amines is 1. The van der Waals surface area contributed by atoms with E-state index >= 15 is 0 Å². The minimum absolute atomic E-state index is 0.00973. The number of aliphatic carboxylic acids is 1. The maximum absolute atomic E-state index is 14.2. The van der Waals surface area contributed by atoms with Gasteiger partial charge in [0.2, 0.25) is 65.0 Å². The van der Waals surface area contributed by atoms with Gasteiger partial charge in [-0.2, -0.15) is 23.5 Å². The maximum Gasteiger partial charge on any atom is 0.325 e. The fraction of sp³-hybridized carbons (Fsp3) is 0.696. The van der Waals surface area contributed by atoms with E-state index in [4.69, 9.17) is 39.5 Å². The molecule has 0 aliphatic heterocycles. The number of hydrogen-bond donors (Lipinski definition) is 20. The van der Waals surface area contributed by atoms with Crippen LogP contribution >= 0.6 is 23.5 Å². The average molecular weight is 1360 g/mol. The third-order valence-corrected chi connectivity index (χ3v) is 15.0. The van der Waals surface area contributed by atoms with Crippen molar-refractivity contribution in [1.82, 2.24) is 68.5 Å². The van der Waals surface area contributed by atoms with Gasteiger partial charge in [0.25, 0.3) is 0 Å². The Balaban J connectivity index is 3.40. The highest BCUT2D eigenvalue weighted by atomic mass is 32.2. The number of guanidine groups is 2. The van der Waals surface area contributed by atoms with Crippen molar-refractivity contribution in [2.45, 2.75) is 172 Å². The number of aliphatic hydroxyl groups is 1. The zero-order valence-electron chi connectivity index (χ0n) is 54.1. The molecule has 37 heteroatoms. The van der Waals surface area contributed by atoms with Crippen LogP contribution in [0.2, 0.25) is 0 Å². The topological polar surface area (TPSA) is 587 Å². The highest BCUT2D eigenvalue weighted by Crippen LogP contribution is 2.12. The van der Waals surface area contributed by atoms with Crippen LogP contribution in [0.4, 0.5) is 0 Å². The lowest BCUT2D eigenvalue weighted by Gasteiger charge is -2.27. The van der Waals surface area contributed by atoms with Gasteiger partial charge in [-0.3, -0.25) is 67.5 Å². The van der Waals surface area contributed by atoms with Crippen molar-refractivity contribution in [3.8, 4) is 0 Å². The van der Waals surface area contributed by atoms with Crippen LogP contribution in [0, 0.1) is 11.8 Å².